The topological polar surface area (TPSA) is 34.4 Å². The maximum absolute atomic E-state index is 12.4. The molecule has 3 nitrogen and oxygen atoms in total. The number of benzene rings is 1. The molecule has 7 heteroatoms. The summed E-state index contributed by atoms with van der Waals surface area (Å²) in [6, 6.07) is 4.55. The van der Waals surface area contributed by atoms with Gasteiger partial charge in [-0.3, -0.25) is 4.79 Å². The molecule has 1 aromatic heterocycles. The lowest BCUT2D eigenvalue weighted by atomic mass is 10.1. The van der Waals surface area contributed by atoms with Crippen LogP contribution in [0.1, 0.15) is 11.1 Å². The molecule has 0 aliphatic carbocycles. The number of thiazole rings is 1. The third kappa shape index (κ3) is 4.16. The summed E-state index contributed by atoms with van der Waals surface area (Å²) in [7, 11) is 1.77. The number of alkyl halides is 3. The van der Waals surface area contributed by atoms with E-state index in [-0.39, 0.29) is 0 Å². The summed E-state index contributed by atoms with van der Waals surface area (Å²) < 4.78 is 38.9. The van der Waals surface area contributed by atoms with Gasteiger partial charge in [-0.05, 0) is 23.8 Å². The van der Waals surface area contributed by atoms with Crippen molar-refractivity contribution in [2.24, 2.45) is 12.0 Å². The van der Waals surface area contributed by atoms with Gasteiger partial charge in [-0.1, -0.05) is 12.1 Å². The van der Waals surface area contributed by atoms with Crippen LogP contribution in [0.4, 0.5) is 13.2 Å². The molecular weight excluding hydrogens is 301 g/mol. The molecule has 0 aliphatic heterocycles. The number of halogens is 3. The van der Waals surface area contributed by atoms with Crippen molar-refractivity contribution in [3.8, 4) is 0 Å². The van der Waals surface area contributed by atoms with E-state index in [1.165, 1.54) is 35.6 Å². The first-order valence-electron chi connectivity index (χ1n) is 5.90. The van der Waals surface area contributed by atoms with Crippen LogP contribution >= 0.6 is 11.3 Å². The predicted molar refractivity (Wildman–Crippen MR) is 74.3 cm³/mol. The molecule has 0 saturated heterocycles. The van der Waals surface area contributed by atoms with E-state index in [2.05, 4.69) is 4.99 Å². The molecule has 110 valence electrons. The molecule has 21 heavy (non-hydrogen) atoms. The van der Waals surface area contributed by atoms with Gasteiger partial charge >= 0.3 is 6.18 Å². The Balaban J connectivity index is 2.11. The van der Waals surface area contributed by atoms with E-state index in [9.17, 15) is 18.0 Å². The molecule has 0 radical (unpaired) electrons. The van der Waals surface area contributed by atoms with Crippen LogP contribution in [0.25, 0.3) is 6.08 Å². The molecule has 1 aromatic carbocycles. The average molecular weight is 312 g/mol. The van der Waals surface area contributed by atoms with Crippen LogP contribution in [0.3, 0.4) is 0 Å². The van der Waals surface area contributed by atoms with Crippen LogP contribution < -0.4 is 4.80 Å². The van der Waals surface area contributed by atoms with Crippen molar-refractivity contribution in [2.75, 3.05) is 0 Å². The quantitative estimate of drug-likeness (QED) is 0.784. The highest BCUT2D eigenvalue weighted by Gasteiger charge is 2.29. The highest BCUT2D eigenvalue weighted by molar-refractivity contribution is 7.07. The smallest absolute Gasteiger partial charge is 0.327 e. The first kappa shape index (κ1) is 15.2. The zero-order valence-electron chi connectivity index (χ0n) is 11.0. The van der Waals surface area contributed by atoms with Crippen LogP contribution in [-0.4, -0.2) is 10.5 Å². The van der Waals surface area contributed by atoms with Crippen molar-refractivity contribution in [1.29, 1.82) is 0 Å². The number of aromatic nitrogens is 1. The van der Waals surface area contributed by atoms with Crippen LogP contribution in [-0.2, 0) is 18.0 Å². The van der Waals surface area contributed by atoms with Crippen molar-refractivity contribution in [2.45, 2.75) is 6.18 Å². The fourth-order valence-electron chi connectivity index (χ4n) is 1.52. The summed E-state index contributed by atoms with van der Waals surface area (Å²) in [6.07, 6.45) is 0.0690. The lowest BCUT2D eigenvalue weighted by molar-refractivity contribution is -0.137. The zero-order valence-corrected chi connectivity index (χ0v) is 11.8. The van der Waals surface area contributed by atoms with Gasteiger partial charge in [-0.25, -0.2) is 0 Å². The summed E-state index contributed by atoms with van der Waals surface area (Å²) in [4.78, 5) is 16.0. The molecule has 1 heterocycles. The predicted octanol–water partition coefficient (Wildman–Crippen LogP) is 3.25. The molecule has 0 atom stereocenters. The van der Waals surface area contributed by atoms with Gasteiger partial charge in [0.1, 0.15) is 0 Å². The van der Waals surface area contributed by atoms with Gasteiger partial charge in [0, 0.05) is 24.7 Å². The second-order valence-corrected chi connectivity index (χ2v) is 5.07. The van der Waals surface area contributed by atoms with Crippen LogP contribution in [0.5, 0.6) is 0 Å². The Morgan fingerprint density at radius 3 is 2.48 bits per heavy atom. The third-order valence-electron chi connectivity index (χ3n) is 2.62. The summed E-state index contributed by atoms with van der Waals surface area (Å²) >= 11 is 1.32. The van der Waals surface area contributed by atoms with Crippen LogP contribution in [0.15, 0.2) is 46.9 Å². The number of amides is 1. The van der Waals surface area contributed by atoms with Crippen molar-refractivity contribution in [3.63, 3.8) is 0 Å². The highest BCUT2D eigenvalue weighted by Crippen LogP contribution is 2.29. The molecule has 2 rings (SSSR count). The number of carbonyl (C=O) groups excluding carboxylic acids is 1. The lowest BCUT2D eigenvalue weighted by Gasteiger charge is -2.05. The Morgan fingerprint density at radius 2 is 1.95 bits per heavy atom. The SMILES string of the molecule is Cn1ccsc1=NC(=O)C=Cc1ccc(C(F)(F)F)cc1. The summed E-state index contributed by atoms with van der Waals surface area (Å²) in [5, 5.41) is 1.80. The molecule has 0 aliphatic rings. The Morgan fingerprint density at radius 1 is 1.29 bits per heavy atom. The number of rotatable bonds is 2. The maximum atomic E-state index is 12.4. The van der Waals surface area contributed by atoms with Crippen molar-refractivity contribution >= 4 is 23.3 Å². The van der Waals surface area contributed by atoms with Gasteiger partial charge < -0.3 is 4.57 Å². The van der Waals surface area contributed by atoms with Gasteiger partial charge in [0.2, 0.25) is 0 Å². The molecule has 0 N–H and O–H groups in total. The molecule has 0 bridgehead atoms. The Bertz CT molecular complexity index is 724. The van der Waals surface area contributed by atoms with Gasteiger partial charge in [0.15, 0.2) is 4.80 Å². The Hall–Kier alpha value is -2.15. The van der Waals surface area contributed by atoms with Crippen molar-refractivity contribution in [3.05, 3.63) is 57.8 Å². The fraction of sp³-hybridized carbons (Fsp3) is 0.143. The molecule has 0 fully saturated rings. The number of aryl methyl sites for hydroxylation is 1. The van der Waals surface area contributed by atoms with E-state index in [0.717, 1.165) is 12.1 Å². The largest absolute Gasteiger partial charge is 0.416 e. The minimum Gasteiger partial charge on any atom is -0.327 e. The maximum Gasteiger partial charge on any atom is 0.416 e. The number of nitrogens with zero attached hydrogens (tertiary/aromatic N) is 2. The van der Waals surface area contributed by atoms with E-state index < -0.39 is 17.6 Å². The molecular formula is C14H11F3N2OS. The number of hydrogen-bond acceptors (Lipinski definition) is 2. The average Bonchev–Trinajstić information content (AvgIpc) is 2.81. The van der Waals surface area contributed by atoms with Gasteiger partial charge in [-0.2, -0.15) is 18.2 Å². The monoisotopic (exact) mass is 312 g/mol. The first-order chi connectivity index (χ1) is 9.86. The molecule has 0 saturated carbocycles. The molecule has 0 spiro atoms. The molecule has 0 unspecified atom stereocenters. The lowest BCUT2D eigenvalue weighted by Crippen LogP contribution is -2.11. The minimum absolute atomic E-state index is 0.465. The minimum atomic E-state index is -4.36. The van der Waals surface area contributed by atoms with Crippen molar-refractivity contribution < 1.29 is 18.0 Å². The summed E-state index contributed by atoms with van der Waals surface area (Å²) in [6.45, 7) is 0. The third-order valence-corrected chi connectivity index (χ3v) is 3.47. The Labute approximate surface area is 122 Å². The molecule has 1 amide bonds. The first-order valence-corrected chi connectivity index (χ1v) is 6.78. The van der Waals surface area contributed by atoms with E-state index >= 15 is 0 Å². The standard InChI is InChI=1S/C14H11F3N2OS/c1-19-8-9-21-13(19)18-12(20)7-4-10-2-5-11(6-3-10)14(15,16)17/h2-9H,1H3. The fourth-order valence-corrected chi connectivity index (χ4v) is 2.25. The number of hydrogen-bond donors (Lipinski definition) is 0. The van der Waals surface area contributed by atoms with E-state index in [1.54, 1.807) is 23.2 Å². The number of carbonyl (C=O) groups is 1. The molecule has 2 aromatic rings. The normalized spacial score (nSPS) is 13.0. The zero-order chi connectivity index (χ0) is 15.5. The van der Waals surface area contributed by atoms with Crippen LogP contribution in [0, 0.1) is 0 Å². The van der Waals surface area contributed by atoms with Crippen molar-refractivity contribution in [1.82, 2.24) is 4.57 Å². The van der Waals surface area contributed by atoms with Crippen LogP contribution in [0.2, 0.25) is 0 Å². The van der Waals surface area contributed by atoms with Gasteiger partial charge in [-0.15, -0.1) is 11.3 Å². The van der Waals surface area contributed by atoms with E-state index in [4.69, 9.17) is 0 Å². The second kappa shape index (κ2) is 6.09. The van der Waals surface area contributed by atoms with E-state index in [0.29, 0.717) is 10.4 Å². The van der Waals surface area contributed by atoms with Gasteiger partial charge in [0.25, 0.3) is 5.91 Å². The Kier molecular flexibility index (Phi) is 4.42. The second-order valence-electron chi connectivity index (χ2n) is 4.20. The van der Waals surface area contributed by atoms with Gasteiger partial charge in [0.05, 0.1) is 5.56 Å². The van der Waals surface area contributed by atoms with E-state index in [1.807, 2.05) is 0 Å². The summed E-state index contributed by atoms with van der Waals surface area (Å²) in [5.74, 6) is -0.465. The highest BCUT2D eigenvalue weighted by atomic mass is 32.1. The summed E-state index contributed by atoms with van der Waals surface area (Å²) in [5.41, 5.74) is -0.219.